The molecule has 3 N–H and O–H groups in total. The Bertz CT molecular complexity index is 932. The number of para-hydroxylation sites is 1. The van der Waals surface area contributed by atoms with Crippen LogP contribution in [0.1, 0.15) is 22.3 Å². The van der Waals surface area contributed by atoms with Crippen LogP contribution in [0.25, 0.3) is 0 Å². The molecular formula is C22H26F3N3O3. The second-order valence-corrected chi connectivity index (χ2v) is 7.70. The quantitative estimate of drug-likeness (QED) is 0.664. The van der Waals surface area contributed by atoms with Gasteiger partial charge in [-0.3, -0.25) is 0 Å². The molecule has 31 heavy (non-hydrogen) atoms. The minimum Gasteiger partial charge on any atom is -0.454 e. The number of fused-ring (bicyclic) bond motifs is 1. The van der Waals surface area contributed by atoms with Gasteiger partial charge in [0.15, 0.2) is 11.5 Å². The van der Waals surface area contributed by atoms with Crippen molar-refractivity contribution in [3.8, 4) is 11.5 Å². The Balaban J connectivity index is 1.87. The van der Waals surface area contributed by atoms with Gasteiger partial charge < -0.3 is 25.4 Å². The molecule has 0 saturated carbocycles. The van der Waals surface area contributed by atoms with Crippen LogP contribution in [0.15, 0.2) is 36.4 Å². The van der Waals surface area contributed by atoms with Gasteiger partial charge in [0.25, 0.3) is 0 Å². The summed E-state index contributed by atoms with van der Waals surface area (Å²) in [5.41, 5.74) is 6.68. The third-order valence-electron chi connectivity index (χ3n) is 5.35. The van der Waals surface area contributed by atoms with Crippen molar-refractivity contribution in [2.45, 2.75) is 31.5 Å². The fourth-order valence-electron chi connectivity index (χ4n) is 3.65. The standard InChI is InChI=1S/C22H26F3N3O3/c1-28(2)18(11-15-4-3-5-19-20(15)31-13-30-19)12-16-10-17(22(23,24)25)7-6-14(16)8-9-27-21(26)29/h3-7,10,18H,8-9,11-13H2,1-2H3,(H3,26,27,29). The lowest BCUT2D eigenvalue weighted by molar-refractivity contribution is -0.137. The number of nitrogens with zero attached hydrogens (tertiary/aromatic N) is 1. The fourth-order valence-corrected chi connectivity index (χ4v) is 3.65. The molecular weight excluding hydrogens is 411 g/mol. The Hall–Kier alpha value is -2.94. The topological polar surface area (TPSA) is 76.8 Å². The first kappa shape index (κ1) is 22.7. The predicted octanol–water partition coefficient (Wildman–Crippen LogP) is 3.36. The molecule has 0 spiro atoms. The molecule has 1 aliphatic heterocycles. The van der Waals surface area contributed by atoms with E-state index in [0.29, 0.717) is 36.3 Å². The van der Waals surface area contributed by atoms with Crippen molar-refractivity contribution in [1.29, 1.82) is 0 Å². The zero-order chi connectivity index (χ0) is 22.6. The summed E-state index contributed by atoms with van der Waals surface area (Å²) in [6, 6.07) is 8.64. The first-order valence-electron chi connectivity index (χ1n) is 9.91. The van der Waals surface area contributed by atoms with Crippen molar-refractivity contribution in [1.82, 2.24) is 10.2 Å². The van der Waals surface area contributed by atoms with E-state index in [4.69, 9.17) is 15.2 Å². The summed E-state index contributed by atoms with van der Waals surface area (Å²) in [4.78, 5) is 12.9. The van der Waals surface area contributed by atoms with Crippen molar-refractivity contribution < 1.29 is 27.4 Å². The number of nitrogens with two attached hydrogens (primary N) is 1. The zero-order valence-corrected chi connectivity index (χ0v) is 17.5. The number of benzene rings is 2. The minimum atomic E-state index is -4.43. The molecule has 2 amide bonds. The lowest BCUT2D eigenvalue weighted by atomic mass is 9.92. The van der Waals surface area contributed by atoms with Gasteiger partial charge in [-0.1, -0.05) is 18.2 Å². The fraction of sp³-hybridized carbons (Fsp3) is 0.409. The maximum absolute atomic E-state index is 13.3. The Kier molecular flexibility index (Phi) is 6.94. The van der Waals surface area contributed by atoms with Crippen LogP contribution in [-0.2, 0) is 25.4 Å². The van der Waals surface area contributed by atoms with Crippen molar-refractivity contribution in [2.24, 2.45) is 5.73 Å². The van der Waals surface area contributed by atoms with E-state index in [9.17, 15) is 18.0 Å². The van der Waals surface area contributed by atoms with Crippen LogP contribution < -0.4 is 20.5 Å². The van der Waals surface area contributed by atoms with Crippen LogP contribution >= 0.6 is 0 Å². The summed E-state index contributed by atoms with van der Waals surface area (Å²) < 4.78 is 51.0. The van der Waals surface area contributed by atoms with E-state index >= 15 is 0 Å². The normalized spacial score (nSPS) is 14.0. The van der Waals surface area contributed by atoms with Gasteiger partial charge in [0.1, 0.15) is 0 Å². The maximum Gasteiger partial charge on any atom is 0.416 e. The van der Waals surface area contributed by atoms with Crippen molar-refractivity contribution in [3.05, 3.63) is 58.7 Å². The van der Waals surface area contributed by atoms with Gasteiger partial charge in [-0.05, 0) is 68.2 Å². The van der Waals surface area contributed by atoms with E-state index < -0.39 is 17.8 Å². The van der Waals surface area contributed by atoms with Crippen LogP contribution in [0.2, 0.25) is 0 Å². The van der Waals surface area contributed by atoms with Crippen LogP contribution in [0.3, 0.4) is 0 Å². The molecule has 0 aromatic heterocycles. The molecule has 1 unspecified atom stereocenters. The van der Waals surface area contributed by atoms with Gasteiger partial charge in [-0.2, -0.15) is 13.2 Å². The average molecular weight is 437 g/mol. The summed E-state index contributed by atoms with van der Waals surface area (Å²) >= 11 is 0. The van der Waals surface area contributed by atoms with Gasteiger partial charge >= 0.3 is 12.2 Å². The third-order valence-corrected chi connectivity index (χ3v) is 5.35. The first-order valence-corrected chi connectivity index (χ1v) is 9.91. The zero-order valence-electron chi connectivity index (χ0n) is 17.5. The molecule has 168 valence electrons. The highest BCUT2D eigenvalue weighted by molar-refractivity contribution is 5.71. The van der Waals surface area contributed by atoms with Gasteiger partial charge in [0.2, 0.25) is 6.79 Å². The molecule has 9 heteroatoms. The maximum atomic E-state index is 13.3. The Labute approximate surface area is 179 Å². The smallest absolute Gasteiger partial charge is 0.416 e. The van der Waals surface area contributed by atoms with Crippen LogP contribution in [0.4, 0.5) is 18.0 Å². The molecule has 6 nitrogen and oxygen atoms in total. The van der Waals surface area contributed by atoms with E-state index in [0.717, 1.165) is 17.2 Å². The SMILES string of the molecule is CN(C)C(Cc1cc(C(F)(F)F)ccc1CCNC(N)=O)Cc1cccc2c1OCO2. The largest absolute Gasteiger partial charge is 0.454 e. The summed E-state index contributed by atoms with van der Waals surface area (Å²) in [6.45, 7) is 0.404. The number of likely N-dealkylation sites (N-methyl/N-ethyl adjacent to an activating group) is 1. The number of rotatable bonds is 8. The number of amides is 2. The monoisotopic (exact) mass is 437 g/mol. The van der Waals surface area contributed by atoms with Crippen molar-refractivity contribution >= 4 is 6.03 Å². The lowest BCUT2D eigenvalue weighted by Crippen LogP contribution is -2.33. The molecule has 0 bridgehead atoms. The summed E-state index contributed by atoms with van der Waals surface area (Å²) in [6.07, 6.45) is -3.08. The molecule has 0 aliphatic carbocycles. The van der Waals surface area contributed by atoms with Crippen LogP contribution in [-0.4, -0.2) is 44.4 Å². The molecule has 2 aromatic carbocycles. The van der Waals surface area contributed by atoms with E-state index in [1.54, 1.807) is 0 Å². The Morgan fingerprint density at radius 2 is 1.87 bits per heavy atom. The number of ether oxygens (including phenoxy) is 2. The minimum absolute atomic E-state index is 0.0815. The lowest BCUT2D eigenvalue weighted by Gasteiger charge is -2.26. The molecule has 1 aliphatic rings. The second-order valence-electron chi connectivity index (χ2n) is 7.70. The number of hydrogen-bond donors (Lipinski definition) is 2. The summed E-state index contributed by atoms with van der Waals surface area (Å²) in [5, 5.41) is 2.49. The molecule has 1 heterocycles. The van der Waals surface area contributed by atoms with Gasteiger partial charge in [-0.25, -0.2) is 4.79 Å². The average Bonchev–Trinajstić information content (AvgIpc) is 3.17. The number of halogens is 3. The third kappa shape index (κ3) is 5.81. The van der Waals surface area contributed by atoms with Crippen LogP contribution in [0, 0.1) is 0 Å². The number of hydrogen-bond acceptors (Lipinski definition) is 4. The molecule has 1 atom stereocenters. The highest BCUT2D eigenvalue weighted by Gasteiger charge is 2.31. The summed E-state index contributed by atoms with van der Waals surface area (Å²) in [5.74, 6) is 1.36. The number of nitrogens with one attached hydrogen (secondary N) is 1. The predicted molar refractivity (Wildman–Crippen MR) is 110 cm³/mol. The number of carbonyl (C=O) groups excluding carboxylic acids is 1. The molecule has 0 saturated heterocycles. The number of urea groups is 1. The Morgan fingerprint density at radius 3 is 2.55 bits per heavy atom. The van der Waals surface area contributed by atoms with Gasteiger partial charge in [-0.15, -0.1) is 0 Å². The van der Waals surface area contributed by atoms with Crippen molar-refractivity contribution in [3.63, 3.8) is 0 Å². The van der Waals surface area contributed by atoms with E-state index in [-0.39, 0.29) is 19.4 Å². The first-order chi connectivity index (χ1) is 14.6. The number of primary amides is 1. The van der Waals surface area contributed by atoms with Gasteiger partial charge in [0.05, 0.1) is 5.56 Å². The van der Waals surface area contributed by atoms with E-state index in [1.807, 2.05) is 37.2 Å². The highest BCUT2D eigenvalue weighted by atomic mass is 19.4. The summed E-state index contributed by atoms with van der Waals surface area (Å²) in [7, 11) is 3.79. The molecule has 3 rings (SSSR count). The number of alkyl halides is 3. The molecule has 2 aromatic rings. The Morgan fingerprint density at radius 1 is 1.13 bits per heavy atom. The van der Waals surface area contributed by atoms with Gasteiger partial charge in [0, 0.05) is 12.6 Å². The second kappa shape index (κ2) is 9.47. The highest BCUT2D eigenvalue weighted by Crippen LogP contribution is 2.37. The van der Waals surface area contributed by atoms with Crippen molar-refractivity contribution in [2.75, 3.05) is 27.4 Å². The molecule has 0 radical (unpaired) electrons. The van der Waals surface area contributed by atoms with E-state index in [2.05, 4.69) is 5.32 Å². The van der Waals surface area contributed by atoms with E-state index in [1.165, 1.54) is 12.1 Å². The number of carbonyl (C=O) groups is 1. The van der Waals surface area contributed by atoms with Crippen LogP contribution in [0.5, 0.6) is 11.5 Å². The molecule has 0 fully saturated rings.